The molecule has 108 valence electrons. The average molecular weight is 283 g/mol. The summed E-state index contributed by atoms with van der Waals surface area (Å²) in [6.45, 7) is 0.485. The zero-order valence-electron chi connectivity index (χ0n) is 11.5. The molecule has 0 saturated carbocycles. The van der Waals surface area contributed by atoms with E-state index in [0.717, 1.165) is 11.1 Å². The molecule has 0 aromatic heterocycles. The Morgan fingerprint density at radius 1 is 0.905 bits per heavy atom. The summed E-state index contributed by atoms with van der Waals surface area (Å²) in [6.07, 6.45) is 0.280. The highest BCUT2D eigenvalue weighted by atomic mass is 16.1. The molecule has 2 rings (SSSR count). The van der Waals surface area contributed by atoms with E-state index in [0.29, 0.717) is 17.8 Å². The first kappa shape index (κ1) is 14.7. The molecule has 2 aromatic rings. The molecule has 2 aromatic carbocycles. The quantitative estimate of drug-likeness (QED) is 0.774. The van der Waals surface area contributed by atoms with Crippen molar-refractivity contribution in [3.05, 3.63) is 65.2 Å². The number of hydrogen-bond donors (Lipinski definition) is 3. The number of hydrogen-bond acceptors (Lipinski definition) is 3. The van der Waals surface area contributed by atoms with Gasteiger partial charge in [0.05, 0.1) is 6.42 Å². The Morgan fingerprint density at radius 3 is 2.00 bits per heavy atom. The molecule has 0 atom stereocenters. The van der Waals surface area contributed by atoms with E-state index in [1.54, 1.807) is 24.3 Å². The van der Waals surface area contributed by atoms with Gasteiger partial charge in [0.25, 0.3) is 0 Å². The summed E-state index contributed by atoms with van der Waals surface area (Å²) >= 11 is 0. The van der Waals surface area contributed by atoms with Crippen LogP contribution < -0.4 is 16.8 Å². The van der Waals surface area contributed by atoms with Gasteiger partial charge in [-0.2, -0.15) is 0 Å². The second-order valence-corrected chi connectivity index (χ2v) is 4.69. The highest BCUT2D eigenvalue weighted by Gasteiger charge is 2.05. The number of nitrogens with two attached hydrogens (primary N) is 2. The maximum Gasteiger partial charge on any atom is 0.248 e. The maximum atomic E-state index is 11.9. The second-order valence-electron chi connectivity index (χ2n) is 4.69. The number of anilines is 1. The van der Waals surface area contributed by atoms with Gasteiger partial charge in [0, 0.05) is 17.8 Å². The van der Waals surface area contributed by atoms with Crippen molar-refractivity contribution in [1.29, 1.82) is 0 Å². The summed E-state index contributed by atoms with van der Waals surface area (Å²) in [7, 11) is 0. The number of nitrogens with one attached hydrogen (secondary N) is 1. The van der Waals surface area contributed by atoms with E-state index < -0.39 is 5.91 Å². The molecule has 0 radical (unpaired) electrons. The second kappa shape index (κ2) is 6.67. The predicted octanol–water partition coefficient (Wildman–Crippen LogP) is 1.43. The molecule has 0 unspecified atom stereocenters. The number of benzene rings is 2. The Bertz CT molecular complexity index is 634. The van der Waals surface area contributed by atoms with Gasteiger partial charge in [-0.05, 0) is 35.4 Å². The smallest absolute Gasteiger partial charge is 0.248 e. The molecular formula is C16H17N3O2. The first-order chi connectivity index (χ1) is 10.1. The van der Waals surface area contributed by atoms with E-state index in [2.05, 4.69) is 5.32 Å². The molecular weight excluding hydrogens is 266 g/mol. The van der Waals surface area contributed by atoms with Gasteiger partial charge in [-0.25, -0.2) is 0 Å². The minimum Gasteiger partial charge on any atom is -0.366 e. The highest BCUT2D eigenvalue weighted by molar-refractivity contribution is 5.95. The summed E-state index contributed by atoms with van der Waals surface area (Å²) in [5.74, 6) is -0.616. The largest absolute Gasteiger partial charge is 0.366 e. The molecule has 0 aliphatic carbocycles. The summed E-state index contributed by atoms with van der Waals surface area (Å²) in [5.41, 5.74) is 13.7. The van der Waals surface area contributed by atoms with Gasteiger partial charge in [-0.15, -0.1) is 0 Å². The molecule has 0 fully saturated rings. The van der Waals surface area contributed by atoms with Crippen molar-refractivity contribution in [1.82, 2.24) is 0 Å². The molecule has 0 heterocycles. The Balaban J connectivity index is 1.95. The normalized spacial score (nSPS) is 10.1. The molecule has 0 bridgehead atoms. The summed E-state index contributed by atoms with van der Waals surface area (Å²) in [4.78, 5) is 22.9. The van der Waals surface area contributed by atoms with Gasteiger partial charge in [-0.3, -0.25) is 9.59 Å². The van der Waals surface area contributed by atoms with Gasteiger partial charge in [0.1, 0.15) is 0 Å². The maximum absolute atomic E-state index is 11.9. The van der Waals surface area contributed by atoms with Crippen molar-refractivity contribution in [2.24, 2.45) is 11.5 Å². The SMILES string of the molecule is NCc1ccc(CC(=O)Nc2ccc(C(N)=O)cc2)cc1. The van der Waals surface area contributed by atoms with E-state index in [-0.39, 0.29) is 12.3 Å². The van der Waals surface area contributed by atoms with E-state index in [4.69, 9.17) is 11.5 Å². The van der Waals surface area contributed by atoms with Crippen LogP contribution in [-0.4, -0.2) is 11.8 Å². The highest BCUT2D eigenvalue weighted by Crippen LogP contribution is 2.11. The van der Waals surface area contributed by atoms with Crippen molar-refractivity contribution >= 4 is 17.5 Å². The summed E-state index contributed by atoms with van der Waals surface area (Å²) in [5, 5.41) is 2.77. The van der Waals surface area contributed by atoms with E-state index in [1.807, 2.05) is 24.3 Å². The zero-order valence-corrected chi connectivity index (χ0v) is 11.5. The molecule has 21 heavy (non-hydrogen) atoms. The number of carbonyl (C=O) groups is 2. The fraction of sp³-hybridized carbons (Fsp3) is 0.125. The molecule has 0 spiro atoms. The van der Waals surface area contributed by atoms with Crippen LogP contribution in [0.3, 0.4) is 0 Å². The van der Waals surface area contributed by atoms with Crippen LogP contribution in [0, 0.1) is 0 Å². The van der Waals surface area contributed by atoms with Crippen molar-refractivity contribution in [3.63, 3.8) is 0 Å². The Labute approximate surface area is 123 Å². The Kier molecular flexibility index (Phi) is 4.68. The van der Waals surface area contributed by atoms with Crippen LogP contribution in [0.25, 0.3) is 0 Å². The minimum absolute atomic E-state index is 0.123. The first-order valence-corrected chi connectivity index (χ1v) is 6.56. The van der Waals surface area contributed by atoms with Crippen LogP contribution in [0.1, 0.15) is 21.5 Å². The molecule has 0 saturated heterocycles. The molecule has 5 N–H and O–H groups in total. The summed E-state index contributed by atoms with van der Waals surface area (Å²) in [6, 6.07) is 14.0. The standard InChI is InChI=1S/C16H17N3O2/c17-10-12-3-1-11(2-4-12)9-15(20)19-14-7-5-13(6-8-14)16(18)21/h1-8H,9-10,17H2,(H2,18,21)(H,19,20). The van der Waals surface area contributed by atoms with Gasteiger partial charge >= 0.3 is 0 Å². The molecule has 0 aliphatic heterocycles. The third-order valence-electron chi connectivity index (χ3n) is 3.08. The van der Waals surface area contributed by atoms with Crippen LogP contribution in [0.15, 0.2) is 48.5 Å². The topological polar surface area (TPSA) is 98.2 Å². The van der Waals surface area contributed by atoms with Crippen molar-refractivity contribution in [2.75, 3.05) is 5.32 Å². The fourth-order valence-corrected chi connectivity index (χ4v) is 1.90. The van der Waals surface area contributed by atoms with Crippen molar-refractivity contribution in [3.8, 4) is 0 Å². The lowest BCUT2D eigenvalue weighted by Gasteiger charge is -2.06. The van der Waals surface area contributed by atoms with Crippen molar-refractivity contribution < 1.29 is 9.59 Å². The van der Waals surface area contributed by atoms with Crippen LogP contribution in [0.4, 0.5) is 5.69 Å². The molecule has 0 aliphatic rings. The van der Waals surface area contributed by atoms with Crippen LogP contribution in [0.2, 0.25) is 0 Å². The fourth-order valence-electron chi connectivity index (χ4n) is 1.90. The summed E-state index contributed by atoms with van der Waals surface area (Å²) < 4.78 is 0. The van der Waals surface area contributed by atoms with E-state index >= 15 is 0 Å². The number of carbonyl (C=O) groups excluding carboxylic acids is 2. The number of rotatable bonds is 5. The number of primary amides is 1. The van der Waals surface area contributed by atoms with Gasteiger partial charge in [0.2, 0.25) is 11.8 Å². The van der Waals surface area contributed by atoms with Gasteiger partial charge < -0.3 is 16.8 Å². The van der Waals surface area contributed by atoms with Gasteiger partial charge in [-0.1, -0.05) is 24.3 Å². The molecule has 2 amide bonds. The first-order valence-electron chi connectivity index (χ1n) is 6.56. The predicted molar refractivity (Wildman–Crippen MR) is 81.6 cm³/mol. The minimum atomic E-state index is -0.493. The molecule has 5 nitrogen and oxygen atoms in total. The molecule has 5 heteroatoms. The van der Waals surface area contributed by atoms with Crippen LogP contribution in [-0.2, 0) is 17.8 Å². The lowest BCUT2D eigenvalue weighted by atomic mass is 10.1. The lowest BCUT2D eigenvalue weighted by Crippen LogP contribution is -2.15. The Morgan fingerprint density at radius 2 is 1.48 bits per heavy atom. The van der Waals surface area contributed by atoms with E-state index in [9.17, 15) is 9.59 Å². The lowest BCUT2D eigenvalue weighted by molar-refractivity contribution is -0.115. The average Bonchev–Trinajstić information content (AvgIpc) is 2.48. The van der Waals surface area contributed by atoms with Gasteiger partial charge in [0.15, 0.2) is 0 Å². The third kappa shape index (κ3) is 4.15. The van der Waals surface area contributed by atoms with Crippen LogP contribution >= 0.6 is 0 Å². The monoisotopic (exact) mass is 283 g/mol. The van der Waals surface area contributed by atoms with E-state index in [1.165, 1.54) is 0 Å². The Hall–Kier alpha value is -2.66. The third-order valence-corrected chi connectivity index (χ3v) is 3.08. The van der Waals surface area contributed by atoms with Crippen LogP contribution in [0.5, 0.6) is 0 Å². The zero-order chi connectivity index (χ0) is 15.2. The number of amides is 2. The van der Waals surface area contributed by atoms with Crippen molar-refractivity contribution in [2.45, 2.75) is 13.0 Å².